The van der Waals surface area contributed by atoms with Crippen molar-refractivity contribution >= 4 is 11.9 Å². The second kappa shape index (κ2) is 5.81. The first-order valence-corrected chi connectivity index (χ1v) is 5.97. The first-order chi connectivity index (χ1) is 8.34. The van der Waals surface area contributed by atoms with Crippen LogP contribution in [0.2, 0.25) is 0 Å². The van der Waals surface area contributed by atoms with Crippen LogP contribution in [0, 0.1) is 0 Å². The second-order valence-corrected chi connectivity index (χ2v) is 4.88. The number of carbonyl (C=O) groups excluding carboxylic acids is 1. The van der Waals surface area contributed by atoms with Gasteiger partial charge in [0, 0.05) is 12.0 Å². The first kappa shape index (κ1) is 14.4. The van der Waals surface area contributed by atoms with Gasteiger partial charge < -0.3 is 20.8 Å². The van der Waals surface area contributed by atoms with Crippen molar-refractivity contribution in [3.8, 4) is 0 Å². The van der Waals surface area contributed by atoms with E-state index in [0.29, 0.717) is 11.9 Å². The van der Waals surface area contributed by atoms with Gasteiger partial charge in [-0.2, -0.15) is 0 Å². The van der Waals surface area contributed by atoms with Gasteiger partial charge in [0.15, 0.2) is 0 Å². The molecule has 1 aromatic heterocycles. The number of primary amides is 1. The predicted octanol–water partition coefficient (Wildman–Crippen LogP) is 0.806. The van der Waals surface area contributed by atoms with E-state index in [0.717, 1.165) is 6.54 Å². The predicted molar refractivity (Wildman–Crippen MR) is 67.9 cm³/mol. The van der Waals surface area contributed by atoms with Gasteiger partial charge in [0.2, 0.25) is 11.8 Å². The summed E-state index contributed by atoms with van der Waals surface area (Å²) in [4.78, 5) is 10.9. The van der Waals surface area contributed by atoms with E-state index in [1.54, 1.807) is 0 Å². The van der Waals surface area contributed by atoms with Crippen LogP contribution in [0.15, 0.2) is 4.42 Å². The second-order valence-electron chi connectivity index (χ2n) is 4.88. The average Bonchev–Trinajstić information content (AvgIpc) is 2.63. The molecule has 0 fully saturated rings. The number of rotatable bonds is 7. The lowest BCUT2D eigenvalue weighted by Crippen LogP contribution is -2.36. The summed E-state index contributed by atoms with van der Waals surface area (Å²) in [5.74, 6) is 0.127. The van der Waals surface area contributed by atoms with Crippen molar-refractivity contribution < 1.29 is 9.21 Å². The Hall–Kier alpha value is -1.63. The Kier molecular flexibility index (Phi) is 4.66. The maximum Gasteiger partial charge on any atom is 0.315 e. The molecule has 4 N–H and O–H groups in total. The summed E-state index contributed by atoms with van der Waals surface area (Å²) in [5, 5.41) is 14.0. The molecule has 0 bridgehead atoms. The van der Waals surface area contributed by atoms with Gasteiger partial charge in [0.1, 0.15) is 0 Å². The molecule has 0 aliphatic rings. The minimum atomic E-state index is -0.517. The highest BCUT2D eigenvalue weighted by Gasteiger charge is 2.23. The van der Waals surface area contributed by atoms with Crippen LogP contribution in [-0.2, 0) is 4.79 Å². The molecular weight excluding hydrogens is 234 g/mol. The molecule has 102 valence electrons. The Morgan fingerprint density at radius 2 is 2.17 bits per heavy atom. The van der Waals surface area contributed by atoms with Crippen molar-refractivity contribution in [1.82, 2.24) is 15.5 Å². The van der Waals surface area contributed by atoms with E-state index < -0.39 is 5.54 Å². The van der Waals surface area contributed by atoms with Crippen molar-refractivity contribution in [2.45, 2.75) is 45.7 Å². The maximum absolute atomic E-state index is 10.9. The normalized spacial score (nSPS) is 13.3. The number of anilines is 1. The van der Waals surface area contributed by atoms with Crippen LogP contribution >= 0.6 is 0 Å². The molecule has 1 heterocycles. The highest BCUT2D eigenvalue weighted by atomic mass is 16.4. The van der Waals surface area contributed by atoms with Gasteiger partial charge in [0.05, 0.1) is 6.04 Å². The van der Waals surface area contributed by atoms with E-state index in [-0.39, 0.29) is 18.4 Å². The van der Waals surface area contributed by atoms with E-state index in [9.17, 15) is 4.79 Å². The maximum atomic E-state index is 10.9. The topological polar surface area (TPSA) is 106 Å². The van der Waals surface area contributed by atoms with Crippen LogP contribution in [0.1, 0.15) is 46.0 Å². The Morgan fingerprint density at radius 3 is 2.72 bits per heavy atom. The molecule has 1 aromatic rings. The number of aromatic nitrogens is 2. The van der Waals surface area contributed by atoms with Crippen LogP contribution in [-0.4, -0.2) is 28.2 Å². The third-order valence-corrected chi connectivity index (χ3v) is 2.38. The molecule has 1 amide bonds. The van der Waals surface area contributed by atoms with Crippen molar-refractivity contribution in [2.24, 2.45) is 5.73 Å². The van der Waals surface area contributed by atoms with Crippen molar-refractivity contribution in [2.75, 3.05) is 11.9 Å². The molecule has 0 aliphatic heterocycles. The minimum absolute atomic E-state index is 0.00250. The van der Waals surface area contributed by atoms with E-state index >= 15 is 0 Å². The summed E-state index contributed by atoms with van der Waals surface area (Å²) in [5.41, 5.74) is 4.65. The molecule has 1 atom stereocenters. The molecule has 0 aromatic carbocycles. The Labute approximate surface area is 107 Å². The molecule has 7 heteroatoms. The van der Waals surface area contributed by atoms with Gasteiger partial charge in [-0.05, 0) is 27.3 Å². The number of carbonyl (C=O) groups is 1. The summed E-state index contributed by atoms with van der Waals surface area (Å²) in [6.07, 6.45) is 0.188. The quantitative estimate of drug-likeness (QED) is 0.665. The fourth-order valence-electron chi connectivity index (χ4n) is 1.62. The highest BCUT2D eigenvalue weighted by Crippen LogP contribution is 2.19. The van der Waals surface area contributed by atoms with Crippen molar-refractivity contribution in [1.29, 1.82) is 0 Å². The molecule has 0 radical (unpaired) electrons. The summed E-state index contributed by atoms with van der Waals surface area (Å²) in [6.45, 7) is 8.45. The third kappa shape index (κ3) is 4.33. The number of amides is 1. The monoisotopic (exact) mass is 255 g/mol. The van der Waals surface area contributed by atoms with E-state index in [4.69, 9.17) is 10.2 Å². The van der Waals surface area contributed by atoms with E-state index in [2.05, 4.69) is 20.8 Å². The van der Waals surface area contributed by atoms with Gasteiger partial charge in [-0.15, -0.1) is 5.10 Å². The summed E-state index contributed by atoms with van der Waals surface area (Å²) in [7, 11) is 0. The Morgan fingerprint density at radius 1 is 1.50 bits per heavy atom. The zero-order valence-electron chi connectivity index (χ0n) is 11.3. The molecule has 0 spiro atoms. The van der Waals surface area contributed by atoms with Crippen LogP contribution in [0.5, 0.6) is 0 Å². The molecule has 18 heavy (non-hydrogen) atoms. The molecule has 0 saturated heterocycles. The lowest BCUT2D eigenvalue weighted by Gasteiger charge is -2.22. The van der Waals surface area contributed by atoms with Gasteiger partial charge in [-0.25, -0.2) is 0 Å². The zero-order valence-corrected chi connectivity index (χ0v) is 11.3. The van der Waals surface area contributed by atoms with Gasteiger partial charge in [0.25, 0.3) is 0 Å². The number of hydrogen-bond acceptors (Lipinski definition) is 6. The Bertz CT molecular complexity index is 402. The summed E-state index contributed by atoms with van der Waals surface area (Å²) in [6, 6.07) is 0.290. The molecule has 7 nitrogen and oxygen atoms in total. The average molecular weight is 255 g/mol. The SMILES string of the molecule is CCNC(C)c1nnc(NC(C)(C)CC(N)=O)o1. The standard InChI is InChI=1S/C11H21N5O2/c1-5-13-7(2)9-15-16-10(18-9)14-11(3,4)6-8(12)17/h7,13H,5-6H2,1-4H3,(H2,12,17)(H,14,16). The van der Waals surface area contributed by atoms with Crippen LogP contribution < -0.4 is 16.4 Å². The molecule has 0 aliphatic carbocycles. The molecular formula is C11H21N5O2. The van der Waals surface area contributed by atoms with Gasteiger partial charge in [-0.1, -0.05) is 12.0 Å². The fraction of sp³-hybridized carbons (Fsp3) is 0.727. The number of nitrogens with one attached hydrogen (secondary N) is 2. The number of nitrogens with two attached hydrogens (primary N) is 1. The lowest BCUT2D eigenvalue weighted by atomic mass is 10.0. The Balaban J connectivity index is 2.66. The summed E-state index contributed by atoms with van der Waals surface area (Å²) < 4.78 is 5.47. The third-order valence-electron chi connectivity index (χ3n) is 2.38. The smallest absolute Gasteiger partial charge is 0.315 e. The fourth-order valence-corrected chi connectivity index (χ4v) is 1.62. The largest absolute Gasteiger partial charge is 0.406 e. The first-order valence-electron chi connectivity index (χ1n) is 5.97. The molecule has 1 unspecified atom stereocenters. The minimum Gasteiger partial charge on any atom is -0.406 e. The molecule has 0 saturated carbocycles. The summed E-state index contributed by atoms with van der Waals surface area (Å²) >= 11 is 0. The van der Waals surface area contributed by atoms with Crippen LogP contribution in [0.3, 0.4) is 0 Å². The van der Waals surface area contributed by atoms with E-state index in [1.807, 2.05) is 27.7 Å². The van der Waals surface area contributed by atoms with Crippen molar-refractivity contribution in [3.63, 3.8) is 0 Å². The number of hydrogen-bond donors (Lipinski definition) is 3. The van der Waals surface area contributed by atoms with Gasteiger partial charge >= 0.3 is 6.01 Å². The van der Waals surface area contributed by atoms with Crippen molar-refractivity contribution in [3.05, 3.63) is 5.89 Å². The van der Waals surface area contributed by atoms with Crippen LogP contribution in [0.4, 0.5) is 6.01 Å². The molecule has 1 rings (SSSR count). The number of nitrogens with zero attached hydrogens (tertiary/aromatic N) is 2. The van der Waals surface area contributed by atoms with Crippen LogP contribution in [0.25, 0.3) is 0 Å². The zero-order chi connectivity index (χ0) is 13.8. The highest BCUT2D eigenvalue weighted by molar-refractivity contribution is 5.75. The van der Waals surface area contributed by atoms with E-state index in [1.165, 1.54) is 0 Å². The van der Waals surface area contributed by atoms with Gasteiger partial charge in [-0.3, -0.25) is 4.79 Å². The lowest BCUT2D eigenvalue weighted by molar-refractivity contribution is -0.118.